The predicted octanol–water partition coefficient (Wildman–Crippen LogP) is 3.06. The molecule has 78 valence electrons. The molecule has 0 amide bonds. The Hall–Kier alpha value is -1.35. The van der Waals surface area contributed by atoms with Gasteiger partial charge in [-0.3, -0.25) is 9.89 Å². The van der Waals surface area contributed by atoms with Gasteiger partial charge in [-0.05, 0) is 18.2 Å². The Morgan fingerprint density at radius 1 is 1.47 bits per heavy atom. The van der Waals surface area contributed by atoms with Gasteiger partial charge in [0.25, 0.3) is 0 Å². The van der Waals surface area contributed by atoms with Crippen LogP contribution in [0.5, 0.6) is 0 Å². The molecule has 0 saturated heterocycles. The molecule has 1 aromatic heterocycles. The quantitative estimate of drug-likeness (QED) is 0.794. The number of carbonyl (C=O) groups is 1. The van der Waals surface area contributed by atoms with Crippen LogP contribution < -0.4 is 0 Å². The van der Waals surface area contributed by atoms with E-state index in [1.165, 1.54) is 0 Å². The van der Waals surface area contributed by atoms with Crippen molar-refractivity contribution in [1.82, 2.24) is 10.2 Å². The normalized spacial score (nSPS) is 11.2. The zero-order valence-electron chi connectivity index (χ0n) is 8.54. The molecular weight excluding hydrogens is 212 g/mol. The highest BCUT2D eigenvalue weighted by Crippen LogP contribution is 2.22. The van der Waals surface area contributed by atoms with Crippen LogP contribution in [0.4, 0.5) is 0 Å². The fourth-order valence-corrected chi connectivity index (χ4v) is 1.62. The summed E-state index contributed by atoms with van der Waals surface area (Å²) in [6.45, 7) is 3.71. The number of aromatic amines is 1. The number of H-pyrrole nitrogens is 1. The summed E-state index contributed by atoms with van der Waals surface area (Å²) >= 11 is 5.88. The van der Waals surface area contributed by atoms with E-state index in [-0.39, 0.29) is 11.7 Å². The van der Waals surface area contributed by atoms with Gasteiger partial charge in [0.05, 0.1) is 5.52 Å². The number of ketones is 1. The molecule has 1 heterocycles. The van der Waals surface area contributed by atoms with Crippen molar-refractivity contribution in [1.29, 1.82) is 0 Å². The zero-order chi connectivity index (χ0) is 11.0. The van der Waals surface area contributed by atoms with E-state index < -0.39 is 0 Å². The molecule has 1 aromatic carbocycles. The lowest BCUT2D eigenvalue weighted by Crippen LogP contribution is -2.08. The minimum absolute atomic E-state index is 0.0310. The van der Waals surface area contributed by atoms with Crippen LogP contribution in [-0.4, -0.2) is 16.0 Å². The molecule has 0 aliphatic heterocycles. The first kappa shape index (κ1) is 10.2. The van der Waals surface area contributed by atoms with E-state index in [0.717, 1.165) is 10.9 Å². The molecule has 0 bridgehead atoms. The Labute approximate surface area is 92.4 Å². The van der Waals surface area contributed by atoms with Crippen LogP contribution in [0.2, 0.25) is 5.02 Å². The van der Waals surface area contributed by atoms with Crippen LogP contribution in [-0.2, 0) is 0 Å². The molecular formula is C11H11ClN2O. The lowest BCUT2D eigenvalue weighted by Gasteiger charge is -2.00. The number of Topliss-reactive ketones (excluding diaryl/α,β-unsaturated/α-hetero) is 1. The Bertz CT molecular complexity index is 516. The Morgan fingerprint density at radius 2 is 2.20 bits per heavy atom. The van der Waals surface area contributed by atoms with Crippen molar-refractivity contribution >= 4 is 28.3 Å². The summed E-state index contributed by atoms with van der Waals surface area (Å²) in [7, 11) is 0. The number of benzene rings is 1. The minimum atomic E-state index is -0.0597. The molecule has 15 heavy (non-hydrogen) atoms. The molecule has 0 radical (unpaired) electrons. The highest BCUT2D eigenvalue weighted by atomic mass is 35.5. The summed E-state index contributed by atoms with van der Waals surface area (Å²) in [5.41, 5.74) is 1.31. The van der Waals surface area contributed by atoms with Gasteiger partial charge in [-0.2, -0.15) is 5.10 Å². The van der Waals surface area contributed by atoms with Crippen LogP contribution in [0.25, 0.3) is 10.9 Å². The van der Waals surface area contributed by atoms with Crippen molar-refractivity contribution in [2.75, 3.05) is 0 Å². The fourth-order valence-electron chi connectivity index (χ4n) is 1.45. The fraction of sp³-hybridized carbons (Fsp3) is 0.273. The van der Waals surface area contributed by atoms with E-state index in [9.17, 15) is 4.79 Å². The first-order valence-electron chi connectivity index (χ1n) is 4.77. The number of carbonyl (C=O) groups excluding carboxylic acids is 1. The van der Waals surface area contributed by atoms with Crippen LogP contribution in [0.1, 0.15) is 24.3 Å². The van der Waals surface area contributed by atoms with E-state index in [1.807, 2.05) is 19.9 Å². The maximum absolute atomic E-state index is 11.8. The highest BCUT2D eigenvalue weighted by molar-refractivity contribution is 6.31. The molecule has 1 N–H and O–H groups in total. The van der Waals surface area contributed by atoms with Crippen molar-refractivity contribution in [3.8, 4) is 0 Å². The Kier molecular flexibility index (Phi) is 2.49. The summed E-state index contributed by atoms with van der Waals surface area (Å²) in [6.07, 6.45) is 0. The topological polar surface area (TPSA) is 45.8 Å². The molecule has 3 nitrogen and oxygen atoms in total. The van der Waals surface area contributed by atoms with Crippen LogP contribution in [0.3, 0.4) is 0 Å². The average molecular weight is 223 g/mol. The second-order valence-electron chi connectivity index (χ2n) is 3.78. The van der Waals surface area contributed by atoms with Gasteiger partial charge < -0.3 is 0 Å². The number of fused-ring (bicyclic) bond motifs is 1. The van der Waals surface area contributed by atoms with Gasteiger partial charge in [-0.1, -0.05) is 25.4 Å². The smallest absolute Gasteiger partial charge is 0.186 e. The summed E-state index contributed by atoms with van der Waals surface area (Å²) < 4.78 is 0. The van der Waals surface area contributed by atoms with E-state index in [1.54, 1.807) is 12.1 Å². The van der Waals surface area contributed by atoms with Gasteiger partial charge in [0.15, 0.2) is 5.78 Å². The summed E-state index contributed by atoms with van der Waals surface area (Å²) in [4.78, 5) is 11.8. The van der Waals surface area contributed by atoms with Gasteiger partial charge in [0, 0.05) is 16.3 Å². The zero-order valence-corrected chi connectivity index (χ0v) is 9.30. The van der Waals surface area contributed by atoms with E-state index in [0.29, 0.717) is 10.7 Å². The molecule has 0 saturated carbocycles. The SMILES string of the molecule is CC(C)C(=O)c1n[nH]c2ccc(Cl)cc12. The standard InChI is InChI=1S/C11H11ClN2O/c1-6(2)11(15)10-8-5-7(12)3-4-9(8)13-14-10/h3-6H,1-2H3,(H,13,14). The van der Waals surface area contributed by atoms with Gasteiger partial charge in [-0.15, -0.1) is 0 Å². The molecule has 0 unspecified atom stereocenters. The summed E-state index contributed by atoms with van der Waals surface area (Å²) in [5, 5.41) is 8.25. The molecule has 0 aliphatic carbocycles. The average Bonchev–Trinajstić information content (AvgIpc) is 2.59. The lowest BCUT2D eigenvalue weighted by atomic mass is 10.0. The third kappa shape index (κ3) is 1.75. The first-order chi connectivity index (χ1) is 7.09. The van der Waals surface area contributed by atoms with E-state index in [2.05, 4.69) is 10.2 Å². The molecule has 2 aromatic rings. The maximum atomic E-state index is 11.8. The molecule has 0 aliphatic rings. The van der Waals surface area contributed by atoms with Crippen molar-refractivity contribution in [2.24, 2.45) is 5.92 Å². The number of aromatic nitrogens is 2. The summed E-state index contributed by atoms with van der Waals surface area (Å²) in [5.74, 6) is -0.0287. The molecule has 0 fully saturated rings. The first-order valence-corrected chi connectivity index (χ1v) is 5.15. The molecule has 0 atom stereocenters. The van der Waals surface area contributed by atoms with Crippen molar-refractivity contribution < 1.29 is 4.79 Å². The van der Waals surface area contributed by atoms with E-state index >= 15 is 0 Å². The van der Waals surface area contributed by atoms with Crippen molar-refractivity contribution in [3.05, 3.63) is 28.9 Å². The number of hydrogen-bond donors (Lipinski definition) is 1. The Morgan fingerprint density at radius 3 is 2.87 bits per heavy atom. The number of nitrogens with one attached hydrogen (secondary N) is 1. The monoisotopic (exact) mass is 222 g/mol. The number of rotatable bonds is 2. The largest absolute Gasteiger partial charge is 0.292 e. The minimum Gasteiger partial charge on any atom is -0.292 e. The number of nitrogens with zero attached hydrogens (tertiary/aromatic N) is 1. The molecule has 4 heteroatoms. The van der Waals surface area contributed by atoms with Crippen LogP contribution in [0.15, 0.2) is 18.2 Å². The highest BCUT2D eigenvalue weighted by Gasteiger charge is 2.17. The number of halogens is 1. The maximum Gasteiger partial charge on any atom is 0.186 e. The lowest BCUT2D eigenvalue weighted by molar-refractivity contribution is 0.0936. The predicted molar refractivity (Wildman–Crippen MR) is 60.3 cm³/mol. The van der Waals surface area contributed by atoms with Gasteiger partial charge in [0.1, 0.15) is 5.69 Å². The number of hydrogen-bond acceptors (Lipinski definition) is 2. The van der Waals surface area contributed by atoms with E-state index in [4.69, 9.17) is 11.6 Å². The third-order valence-corrected chi connectivity index (χ3v) is 2.52. The third-order valence-electron chi connectivity index (χ3n) is 2.28. The van der Waals surface area contributed by atoms with Gasteiger partial charge in [0.2, 0.25) is 0 Å². The second kappa shape index (κ2) is 3.66. The van der Waals surface area contributed by atoms with Crippen LogP contribution in [0, 0.1) is 5.92 Å². The molecule has 2 rings (SSSR count). The summed E-state index contributed by atoms with van der Waals surface area (Å²) in [6, 6.07) is 5.35. The Balaban J connectivity index is 2.62. The second-order valence-corrected chi connectivity index (χ2v) is 4.22. The molecule has 0 spiro atoms. The van der Waals surface area contributed by atoms with Crippen molar-refractivity contribution in [3.63, 3.8) is 0 Å². The van der Waals surface area contributed by atoms with Gasteiger partial charge >= 0.3 is 0 Å². The van der Waals surface area contributed by atoms with Gasteiger partial charge in [-0.25, -0.2) is 0 Å². The van der Waals surface area contributed by atoms with Crippen LogP contribution >= 0.6 is 11.6 Å². The van der Waals surface area contributed by atoms with Crippen molar-refractivity contribution in [2.45, 2.75) is 13.8 Å².